The summed E-state index contributed by atoms with van der Waals surface area (Å²) in [5.41, 5.74) is -0.128. The molecule has 1 heterocycles. The second kappa shape index (κ2) is 8.86. The quantitative estimate of drug-likeness (QED) is 0.358. The molecule has 3 aromatic rings. The fraction of sp³-hybridized carbons (Fsp3) is 0.150. The Kier molecular flexibility index (Phi) is 6.06. The zero-order valence-corrected chi connectivity index (χ0v) is 15.9. The van der Waals surface area contributed by atoms with E-state index in [-0.39, 0.29) is 18.8 Å². The number of esters is 1. The van der Waals surface area contributed by atoms with Gasteiger partial charge in [-0.05, 0) is 30.3 Å². The molecule has 0 aliphatic rings. The van der Waals surface area contributed by atoms with Gasteiger partial charge < -0.3 is 19.4 Å². The summed E-state index contributed by atoms with van der Waals surface area (Å²) in [5.74, 6) is -0.677. The van der Waals surface area contributed by atoms with Crippen LogP contribution in [0.1, 0.15) is 0 Å². The summed E-state index contributed by atoms with van der Waals surface area (Å²) in [6.07, 6.45) is 1.45. The molecule has 1 amide bonds. The molecular formula is C20H17N3O7. The van der Waals surface area contributed by atoms with Gasteiger partial charge in [0.1, 0.15) is 12.3 Å². The smallest absolute Gasteiger partial charge is 0.343 e. The van der Waals surface area contributed by atoms with Crippen molar-refractivity contribution in [1.29, 1.82) is 0 Å². The number of fused-ring (bicyclic) bond motifs is 1. The summed E-state index contributed by atoms with van der Waals surface area (Å²) >= 11 is 0. The highest BCUT2D eigenvalue weighted by Crippen LogP contribution is 2.23. The van der Waals surface area contributed by atoms with Gasteiger partial charge in [-0.3, -0.25) is 19.7 Å². The van der Waals surface area contributed by atoms with Gasteiger partial charge in [0.2, 0.25) is 5.91 Å². The third-order valence-corrected chi connectivity index (χ3v) is 4.23. The number of hydrogen-bond acceptors (Lipinski definition) is 7. The van der Waals surface area contributed by atoms with Gasteiger partial charge in [-0.1, -0.05) is 6.07 Å². The van der Waals surface area contributed by atoms with Crippen molar-refractivity contribution >= 4 is 34.0 Å². The van der Waals surface area contributed by atoms with Gasteiger partial charge >= 0.3 is 5.97 Å². The molecule has 0 saturated heterocycles. The molecule has 0 radical (unpaired) electrons. The number of benzene rings is 2. The zero-order chi connectivity index (χ0) is 21.7. The molecule has 2 aromatic carbocycles. The van der Waals surface area contributed by atoms with Gasteiger partial charge in [0.05, 0.1) is 17.4 Å². The average molecular weight is 411 g/mol. The first kappa shape index (κ1) is 20.5. The number of nitro groups is 1. The Morgan fingerprint density at radius 1 is 1.10 bits per heavy atom. The minimum Gasteiger partial charge on any atom is -0.481 e. The molecule has 0 spiro atoms. The Labute approximate surface area is 169 Å². The van der Waals surface area contributed by atoms with Gasteiger partial charge in [-0.25, -0.2) is 4.79 Å². The van der Waals surface area contributed by atoms with Crippen LogP contribution in [0.5, 0.6) is 5.75 Å². The number of methoxy groups -OCH3 is 1. The van der Waals surface area contributed by atoms with Gasteiger partial charge in [0, 0.05) is 29.4 Å². The highest BCUT2D eigenvalue weighted by atomic mass is 16.6. The number of nitro benzene ring substituents is 1. The lowest BCUT2D eigenvalue weighted by molar-refractivity contribution is -0.384. The number of amides is 1. The zero-order valence-electron chi connectivity index (χ0n) is 15.9. The van der Waals surface area contributed by atoms with Crippen LogP contribution in [-0.2, 0) is 20.9 Å². The van der Waals surface area contributed by atoms with E-state index in [2.05, 4.69) is 10.1 Å². The molecule has 0 bridgehead atoms. The Hall–Kier alpha value is -4.21. The summed E-state index contributed by atoms with van der Waals surface area (Å²) in [6, 6.07) is 11.8. The van der Waals surface area contributed by atoms with E-state index in [0.717, 1.165) is 0 Å². The number of non-ortho nitro benzene ring substituents is 1. The molecule has 10 heteroatoms. The number of nitrogens with zero attached hydrogens (tertiary/aromatic N) is 2. The van der Waals surface area contributed by atoms with Crippen molar-refractivity contribution in [3.8, 4) is 5.75 Å². The van der Waals surface area contributed by atoms with Crippen molar-refractivity contribution in [2.45, 2.75) is 6.54 Å². The maximum Gasteiger partial charge on any atom is 0.343 e. The fourth-order valence-corrected chi connectivity index (χ4v) is 2.76. The van der Waals surface area contributed by atoms with Crippen LogP contribution >= 0.6 is 0 Å². The maximum atomic E-state index is 12.7. The first-order chi connectivity index (χ1) is 14.4. The van der Waals surface area contributed by atoms with E-state index in [1.54, 1.807) is 24.3 Å². The Balaban J connectivity index is 1.77. The molecule has 0 aliphatic carbocycles. The Bertz CT molecular complexity index is 1170. The van der Waals surface area contributed by atoms with Crippen LogP contribution in [0, 0.1) is 10.1 Å². The van der Waals surface area contributed by atoms with E-state index < -0.39 is 22.4 Å². The van der Waals surface area contributed by atoms with E-state index in [1.807, 2.05) is 0 Å². The van der Waals surface area contributed by atoms with Gasteiger partial charge in [-0.15, -0.1) is 0 Å². The van der Waals surface area contributed by atoms with Crippen LogP contribution in [0.2, 0.25) is 0 Å². The number of anilines is 1. The average Bonchev–Trinajstić information content (AvgIpc) is 2.74. The van der Waals surface area contributed by atoms with Gasteiger partial charge in [0.25, 0.3) is 11.2 Å². The molecule has 0 unspecified atom stereocenters. The summed E-state index contributed by atoms with van der Waals surface area (Å²) < 4.78 is 11.2. The van der Waals surface area contributed by atoms with Crippen LogP contribution < -0.4 is 15.6 Å². The van der Waals surface area contributed by atoms with Crippen LogP contribution in [0.15, 0.2) is 59.5 Å². The van der Waals surface area contributed by atoms with Crippen LogP contribution in [0.4, 0.5) is 11.4 Å². The van der Waals surface area contributed by atoms with Crippen LogP contribution in [0.3, 0.4) is 0 Å². The molecule has 0 atom stereocenters. The second-order valence-corrected chi connectivity index (χ2v) is 6.18. The van der Waals surface area contributed by atoms with E-state index in [9.17, 15) is 24.5 Å². The number of ether oxygens (including phenoxy) is 2. The lowest BCUT2D eigenvalue weighted by Crippen LogP contribution is -2.27. The van der Waals surface area contributed by atoms with Crippen molar-refractivity contribution in [3.05, 3.63) is 75.2 Å². The summed E-state index contributed by atoms with van der Waals surface area (Å²) in [5, 5.41) is 14.1. The minimum absolute atomic E-state index is 0.0935. The van der Waals surface area contributed by atoms with E-state index in [1.165, 1.54) is 42.1 Å². The van der Waals surface area contributed by atoms with Crippen molar-refractivity contribution in [3.63, 3.8) is 0 Å². The molecule has 1 N–H and O–H groups in total. The maximum absolute atomic E-state index is 12.7. The summed E-state index contributed by atoms with van der Waals surface area (Å²) in [7, 11) is 1.25. The second-order valence-electron chi connectivity index (χ2n) is 6.18. The third-order valence-electron chi connectivity index (χ3n) is 4.23. The topological polar surface area (TPSA) is 130 Å². The van der Waals surface area contributed by atoms with E-state index in [4.69, 9.17) is 4.74 Å². The molecule has 30 heavy (non-hydrogen) atoms. The number of hydrogen-bond donors (Lipinski definition) is 1. The number of pyridine rings is 1. The van der Waals surface area contributed by atoms with Crippen molar-refractivity contribution in [2.75, 3.05) is 19.0 Å². The first-order valence-corrected chi connectivity index (χ1v) is 8.75. The lowest BCUT2D eigenvalue weighted by atomic mass is 10.1. The number of aromatic nitrogens is 1. The molecule has 3 rings (SSSR count). The summed E-state index contributed by atoms with van der Waals surface area (Å²) in [4.78, 5) is 46.4. The van der Waals surface area contributed by atoms with Crippen molar-refractivity contribution in [2.24, 2.45) is 0 Å². The molecule has 10 nitrogen and oxygen atoms in total. The molecular weight excluding hydrogens is 394 g/mol. The van der Waals surface area contributed by atoms with Crippen molar-refractivity contribution in [1.82, 2.24) is 4.57 Å². The minimum atomic E-state index is -0.553. The molecule has 0 aliphatic heterocycles. The summed E-state index contributed by atoms with van der Waals surface area (Å²) in [6.45, 7) is -0.546. The standard InChI is InChI=1S/C20H17N3O7/c1-29-19(25)12-30-17-4-2-3-16-15(17)9-10-22(20(16)26)11-18(24)21-13-5-7-14(8-6-13)23(27)28/h2-10H,11-12H2,1H3,(H,21,24). The van der Waals surface area contributed by atoms with Crippen molar-refractivity contribution < 1.29 is 24.0 Å². The number of carbonyl (C=O) groups excluding carboxylic acids is 2. The molecule has 154 valence electrons. The predicted molar refractivity (Wildman–Crippen MR) is 107 cm³/mol. The monoisotopic (exact) mass is 411 g/mol. The lowest BCUT2D eigenvalue weighted by Gasteiger charge is -2.11. The van der Waals surface area contributed by atoms with E-state index >= 15 is 0 Å². The number of rotatable bonds is 7. The van der Waals surface area contributed by atoms with Crippen LogP contribution in [0.25, 0.3) is 10.8 Å². The van der Waals surface area contributed by atoms with Crippen LogP contribution in [-0.4, -0.2) is 35.1 Å². The molecule has 0 fully saturated rings. The highest BCUT2D eigenvalue weighted by molar-refractivity contribution is 5.91. The molecule has 0 saturated carbocycles. The number of nitrogens with one attached hydrogen (secondary N) is 1. The van der Waals surface area contributed by atoms with E-state index in [0.29, 0.717) is 22.2 Å². The normalized spacial score (nSPS) is 10.4. The SMILES string of the molecule is COC(=O)COc1cccc2c(=O)n(CC(=O)Nc3ccc([N+](=O)[O-])cc3)ccc12. The third kappa shape index (κ3) is 4.61. The first-order valence-electron chi connectivity index (χ1n) is 8.75. The number of carbonyl (C=O) groups is 2. The predicted octanol–water partition coefficient (Wildman–Crippen LogP) is 2.10. The van der Waals surface area contributed by atoms with Gasteiger partial charge in [0.15, 0.2) is 6.61 Å². The highest BCUT2D eigenvalue weighted by Gasteiger charge is 2.12. The Morgan fingerprint density at radius 2 is 1.83 bits per heavy atom. The van der Waals surface area contributed by atoms with Gasteiger partial charge in [-0.2, -0.15) is 0 Å². The largest absolute Gasteiger partial charge is 0.481 e. The Morgan fingerprint density at radius 3 is 2.50 bits per heavy atom. The molecule has 1 aromatic heterocycles. The fourth-order valence-electron chi connectivity index (χ4n) is 2.76.